The van der Waals surface area contributed by atoms with Gasteiger partial charge >= 0.3 is 23.5 Å². The van der Waals surface area contributed by atoms with Crippen molar-refractivity contribution in [3.8, 4) is 0 Å². The largest absolute Gasteiger partial charge is 0.481 e. The van der Waals surface area contributed by atoms with Crippen LogP contribution in [0.25, 0.3) is 11.2 Å². The van der Waals surface area contributed by atoms with Gasteiger partial charge in [0, 0.05) is 30.7 Å². The molecular weight excluding hydrogens is 1140 g/mol. The standard InChI is InChI=1S/C48H79FN7O20P3S/c1-24(28-8-9-29-36-30(19-34(59)48(28,29)6)47(5)13-11-27(57)17-26(47)18-32(36)58)7-10-31(49)25(2)45(64)80-16-15-51-35(60)12-14-52-43(63)40(62)46(3,4)21-73-79(70,71)76-78(68,69)72-20-33-39(75-77(65,66)67)38(61)44(74-33)56-23-55-37-41(50)53-22-54-42(37)56/h22-34,36,38-40,44,57-59,61-62H,7-21H2,1-6H3,(H,51,60)(H,52,63)(H,68,69)(H,70,71)(H2,50,53,54)(H2,65,66,67)/t24-,25+,26-,27+,28+,29-,30-,31-,32+,33+,34-,36-,38+,39+,40?,44+,47-,48+/m0/s1. The number of rotatable bonds is 25. The number of nitrogens with zero attached hydrogens (tertiary/aromatic N) is 4. The van der Waals surface area contributed by atoms with Crippen molar-refractivity contribution < 1.29 is 100 Å². The quantitative estimate of drug-likeness (QED) is 0.0502. The number of phosphoric acid groups is 3. The number of nitrogens with one attached hydrogen (secondary N) is 2. The summed E-state index contributed by atoms with van der Waals surface area (Å²) in [4.78, 5) is 89.8. The minimum Gasteiger partial charge on any atom is -0.393 e. The van der Waals surface area contributed by atoms with Gasteiger partial charge in [-0.05, 0) is 104 Å². The van der Waals surface area contributed by atoms with Crippen LogP contribution in [0.4, 0.5) is 10.2 Å². The summed E-state index contributed by atoms with van der Waals surface area (Å²) >= 11 is 0.888. The summed E-state index contributed by atoms with van der Waals surface area (Å²) in [6.45, 7) is 8.26. The Morgan fingerprint density at radius 2 is 1.65 bits per heavy atom. The zero-order valence-corrected chi connectivity index (χ0v) is 49.0. The van der Waals surface area contributed by atoms with E-state index < -0.39 is 114 Å². The molecule has 2 aromatic rings. The lowest BCUT2D eigenvalue weighted by molar-refractivity contribution is -0.207. The van der Waals surface area contributed by atoms with Gasteiger partial charge in [0.2, 0.25) is 11.8 Å². The molecule has 0 aromatic carbocycles. The number of fused-ring (bicyclic) bond motifs is 6. The molecule has 5 fully saturated rings. The molecule has 32 heteroatoms. The smallest absolute Gasteiger partial charge is 0.393 e. The van der Waals surface area contributed by atoms with Crippen molar-refractivity contribution in [1.82, 2.24) is 30.2 Å². The molecule has 7 rings (SSSR count). The van der Waals surface area contributed by atoms with E-state index in [1.54, 1.807) is 6.92 Å². The highest BCUT2D eigenvalue weighted by Gasteiger charge is 2.66. The van der Waals surface area contributed by atoms with Gasteiger partial charge in [-0.3, -0.25) is 32.5 Å². The van der Waals surface area contributed by atoms with Gasteiger partial charge in [-0.2, -0.15) is 4.31 Å². The average Bonchev–Trinajstić information content (AvgIpc) is 3.66. The molecule has 2 amide bonds. The molecule has 27 nitrogen and oxygen atoms in total. The number of amides is 2. The Bertz CT molecular complexity index is 2680. The van der Waals surface area contributed by atoms with Crippen LogP contribution in [0.2, 0.25) is 0 Å². The number of aliphatic hydroxyl groups is 5. The number of phosphoric ester groups is 3. The first-order chi connectivity index (χ1) is 37.2. The number of halogens is 1. The highest BCUT2D eigenvalue weighted by molar-refractivity contribution is 8.13. The average molecular weight is 1220 g/mol. The Hall–Kier alpha value is -2.63. The zero-order chi connectivity index (χ0) is 59.1. The fraction of sp³-hybridized carbons (Fsp3) is 0.833. The Kier molecular flexibility index (Phi) is 20.7. The maximum absolute atomic E-state index is 15.7. The highest BCUT2D eigenvalue weighted by atomic mass is 32.2. The fourth-order valence-electron chi connectivity index (χ4n) is 13.6. The number of imidazole rings is 1. The van der Waals surface area contributed by atoms with Gasteiger partial charge in [0.15, 0.2) is 22.8 Å². The van der Waals surface area contributed by atoms with E-state index in [0.717, 1.165) is 54.7 Å². The third-order valence-electron chi connectivity index (χ3n) is 18.1. The van der Waals surface area contributed by atoms with Gasteiger partial charge in [-0.1, -0.05) is 53.3 Å². The number of anilines is 1. The number of hydrogen-bond donors (Lipinski definition) is 12. The number of carbonyl (C=O) groups is 3. The zero-order valence-electron chi connectivity index (χ0n) is 45.5. The van der Waals surface area contributed by atoms with Crippen LogP contribution in [-0.2, 0) is 50.7 Å². The Morgan fingerprint density at radius 1 is 0.950 bits per heavy atom. The minimum absolute atomic E-state index is 0.0170. The number of nitrogen functional groups attached to an aromatic ring is 1. The van der Waals surface area contributed by atoms with E-state index in [-0.39, 0.29) is 101 Å². The highest BCUT2D eigenvalue weighted by Crippen LogP contribution is 2.69. The molecule has 0 radical (unpaired) electrons. The molecule has 454 valence electrons. The Labute approximate surface area is 466 Å². The lowest BCUT2D eigenvalue weighted by Crippen LogP contribution is -2.62. The first-order valence-electron chi connectivity index (χ1n) is 26.9. The monoisotopic (exact) mass is 1220 g/mol. The molecule has 0 bridgehead atoms. The molecule has 13 N–H and O–H groups in total. The van der Waals surface area contributed by atoms with Crippen molar-refractivity contribution in [3.63, 3.8) is 0 Å². The first-order valence-corrected chi connectivity index (χ1v) is 32.4. The topological polar surface area (TPSA) is 424 Å². The summed E-state index contributed by atoms with van der Waals surface area (Å²) in [5.41, 5.74) is 3.74. The summed E-state index contributed by atoms with van der Waals surface area (Å²) in [6.07, 6.45) is -3.92. The van der Waals surface area contributed by atoms with Gasteiger partial charge in [-0.15, -0.1) is 0 Å². The number of thioether (sulfide) groups is 1. The number of alkyl halides is 1. The van der Waals surface area contributed by atoms with Gasteiger partial charge < -0.3 is 66.2 Å². The molecule has 20 atom stereocenters. The van der Waals surface area contributed by atoms with Gasteiger partial charge in [0.1, 0.15) is 42.4 Å². The van der Waals surface area contributed by atoms with E-state index in [2.05, 4.69) is 55.2 Å². The van der Waals surface area contributed by atoms with Crippen molar-refractivity contribution in [2.75, 3.05) is 37.8 Å². The number of aromatic nitrogens is 4. The lowest BCUT2D eigenvalue weighted by atomic mass is 9.43. The lowest BCUT2D eigenvalue weighted by Gasteiger charge is -2.63. The van der Waals surface area contributed by atoms with E-state index in [1.807, 2.05) is 0 Å². The van der Waals surface area contributed by atoms with Crippen LogP contribution >= 0.6 is 35.2 Å². The van der Waals surface area contributed by atoms with E-state index in [4.69, 9.17) is 19.5 Å². The second-order valence-electron chi connectivity index (χ2n) is 23.6. The van der Waals surface area contributed by atoms with Crippen molar-refractivity contribution >= 4 is 69.1 Å². The van der Waals surface area contributed by atoms with E-state index >= 15 is 4.39 Å². The molecule has 0 spiro atoms. The number of nitrogens with two attached hydrogens (primary N) is 1. The SMILES string of the molecule is C[C@@H](CC[C@H](F)[C@@H](C)C(=O)SCCNC(=O)CCNC(=O)C(O)C(C)(C)COP(=O)(O)OP(=O)(O)OC[C@H]1O[C@@H](n2cnc3c(N)ncnc32)[C@H](O)[C@@H]1OP(=O)(O)O)[C@H]1CC[C@H]2[C@@H]3[C@H](O)C[C@@H]4C[C@H](O)CC[C@]4(C)[C@H]3C[C@H](O)[C@]12C. The molecule has 4 aliphatic carbocycles. The maximum Gasteiger partial charge on any atom is 0.481 e. The summed E-state index contributed by atoms with van der Waals surface area (Å²) < 4.78 is 78.4. The van der Waals surface area contributed by atoms with Crippen LogP contribution in [0.5, 0.6) is 0 Å². The van der Waals surface area contributed by atoms with E-state index in [1.165, 1.54) is 13.8 Å². The Balaban J connectivity index is 0.780. The van der Waals surface area contributed by atoms with Crippen LogP contribution in [0.1, 0.15) is 112 Å². The van der Waals surface area contributed by atoms with Crippen LogP contribution in [0.15, 0.2) is 12.7 Å². The van der Waals surface area contributed by atoms with Gasteiger partial charge in [-0.25, -0.2) is 33.0 Å². The van der Waals surface area contributed by atoms with E-state index in [9.17, 15) is 73.2 Å². The Morgan fingerprint density at radius 3 is 2.35 bits per heavy atom. The van der Waals surface area contributed by atoms with Crippen LogP contribution in [0.3, 0.4) is 0 Å². The molecule has 1 saturated heterocycles. The van der Waals surface area contributed by atoms with Crippen molar-refractivity contribution in [2.45, 2.75) is 161 Å². The summed E-state index contributed by atoms with van der Waals surface area (Å²) in [7, 11) is -16.5. The molecule has 80 heavy (non-hydrogen) atoms. The predicted molar refractivity (Wildman–Crippen MR) is 284 cm³/mol. The normalized spacial score (nSPS) is 34.7. The van der Waals surface area contributed by atoms with E-state index in [0.29, 0.717) is 25.7 Å². The first kappa shape index (κ1) is 64.9. The minimum atomic E-state index is -5.62. The predicted octanol–water partition coefficient (Wildman–Crippen LogP) is 3.02. The summed E-state index contributed by atoms with van der Waals surface area (Å²) in [5.74, 6) is -1.55. The van der Waals surface area contributed by atoms with Gasteiger partial charge in [0.25, 0.3) is 0 Å². The fourth-order valence-corrected chi connectivity index (χ4v) is 17.2. The third-order valence-corrected chi connectivity index (χ3v) is 22.2. The molecule has 5 aliphatic rings. The molecular formula is C48H79FN7O20P3S. The van der Waals surface area contributed by atoms with Crippen LogP contribution in [0, 0.1) is 57.7 Å². The second-order valence-corrected chi connectivity index (χ2v) is 29.0. The summed E-state index contributed by atoms with van der Waals surface area (Å²) in [5, 5.41) is 60.2. The maximum atomic E-state index is 15.7. The molecule has 1 aliphatic heterocycles. The number of ether oxygens (including phenoxy) is 1. The number of aliphatic hydroxyl groups excluding tert-OH is 5. The number of carbonyl (C=O) groups excluding carboxylic acids is 3. The van der Waals surface area contributed by atoms with Crippen molar-refractivity contribution in [1.29, 1.82) is 0 Å². The number of hydrogen-bond acceptors (Lipinski definition) is 21. The molecule has 4 saturated carbocycles. The third kappa shape index (κ3) is 14.5. The molecule has 2 aromatic heterocycles. The van der Waals surface area contributed by atoms with Crippen molar-refractivity contribution in [3.05, 3.63) is 12.7 Å². The second kappa shape index (κ2) is 25.5. The molecule has 3 unspecified atom stereocenters. The summed E-state index contributed by atoms with van der Waals surface area (Å²) in [6, 6.07) is 0. The van der Waals surface area contributed by atoms with Gasteiger partial charge in [0.05, 0.1) is 43.8 Å². The van der Waals surface area contributed by atoms with Crippen LogP contribution in [-0.4, -0.2) is 163 Å². The van der Waals surface area contributed by atoms with Crippen molar-refractivity contribution in [2.24, 2.45) is 57.7 Å². The van der Waals surface area contributed by atoms with Crippen LogP contribution < -0.4 is 16.4 Å². The molecule has 3 heterocycles.